The smallest absolute Gasteiger partial charge is 0.256 e. The van der Waals surface area contributed by atoms with Crippen LogP contribution in [0.15, 0.2) is 60.8 Å². The van der Waals surface area contributed by atoms with Crippen molar-refractivity contribution in [2.45, 2.75) is 95.0 Å². The summed E-state index contributed by atoms with van der Waals surface area (Å²) in [5.41, 5.74) is 15.8. The lowest BCUT2D eigenvalue weighted by Crippen LogP contribution is -2.59. The second-order valence-corrected chi connectivity index (χ2v) is 16.3. The van der Waals surface area contributed by atoms with E-state index in [1.165, 1.54) is 28.6 Å². The van der Waals surface area contributed by atoms with E-state index in [1.54, 1.807) is 18.3 Å². The molecule has 1 aliphatic heterocycles. The highest BCUT2D eigenvalue weighted by Gasteiger charge is 2.42. The minimum Gasteiger partial charge on any atom is -0.370 e. The van der Waals surface area contributed by atoms with Gasteiger partial charge in [0.15, 0.2) is 0 Å². The molecular formula is C41H58N10O7S. The van der Waals surface area contributed by atoms with E-state index < -0.39 is 77.6 Å². The molecule has 0 saturated carbocycles. The molecule has 0 aliphatic carbocycles. The number of nitrogens with one attached hydrogen (secondary N) is 5. The van der Waals surface area contributed by atoms with E-state index in [-0.39, 0.29) is 44.6 Å². The summed E-state index contributed by atoms with van der Waals surface area (Å²) in [7, 11) is 1.47. The van der Waals surface area contributed by atoms with Crippen LogP contribution in [-0.2, 0) is 46.4 Å². The molecule has 1 saturated heterocycles. The van der Waals surface area contributed by atoms with E-state index >= 15 is 0 Å². The summed E-state index contributed by atoms with van der Waals surface area (Å²) in [5.74, 6) is 1.98. The lowest BCUT2D eigenvalue weighted by molar-refractivity contribution is -0.143. The molecule has 2 aromatic carbocycles. The van der Waals surface area contributed by atoms with Crippen LogP contribution in [0, 0.1) is 5.92 Å². The molecular weight excluding hydrogens is 777 g/mol. The van der Waals surface area contributed by atoms with Gasteiger partial charge in [0.25, 0.3) is 5.91 Å². The first-order valence-electron chi connectivity index (χ1n) is 19.8. The number of likely N-dealkylation sites (tertiary alicyclic amines) is 1. The van der Waals surface area contributed by atoms with E-state index in [4.69, 9.17) is 17.3 Å². The largest absolute Gasteiger partial charge is 0.370 e. The van der Waals surface area contributed by atoms with Crippen LogP contribution < -0.4 is 38.7 Å². The van der Waals surface area contributed by atoms with Crippen molar-refractivity contribution in [1.29, 1.82) is 0 Å². The third-order valence-corrected chi connectivity index (χ3v) is 11.1. The normalized spacial score (nSPS) is 16.5. The molecule has 0 spiro atoms. The van der Waals surface area contributed by atoms with Crippen molar-refractivity contribution in [3.63, 3.8) is 0 Å². The average Bonchev–Trinajstić information content (AvgIpc) is 3.80. The number of hydrazine groups is 1. The molecule has 320 valence electrons. The Balaban J connectivity index is 1.59. The molecule has 4 rings (SSSR count). The Morgan fingerprint density at radius 3 is 2.25 bits per heavy atom. The van der Waals surface area contributed by atoms with Crippen molar-refractivity contribution >= 4 is 64.0 Å². The molecule has 59 heavy (non-hydrogen) atoms. The van der Waals surface area contributed by atoms with Crippen LogP contribution in [0.2, 0.25) is 0 Å². The maximum absolute atomic E-state index is 14.6. The molecule has 11 N–H and O–H groups in total. The van der Waals surface area contributed by atoms with E-state index in [0.717, 1.165) is 22.0 Å². The molecule has 1 fully saturated rings. The summed E-state index contributed by atoms with van der Waals surface area (Å²) in [6.45, 7) is 4.00. The lowest BCUT2D eigenvalue weighted by Gasteiger charge is -2.32. The maximum Gasteiger partial charge on any atom is 0.256 e. The predicted octanol–water partition coefficient (Wildman–Crippen LogP) is 0.217. The molecule has 2 heterocycles. The van der Waals surface area contributed by atoms with Gasteiger partial charge in [-0.15, -0.1) is 0 Å². The molecule has 18 heteroatoms. The monoisotopic (exact) mass is 834 g/mol. The maximum atomic E-state index is 14.6. The van der Waals surface area contributed by atoms with Gasteiger partial charge in [-0.25, -0.2) is 5.84 Å². The van der Waals surface area contributed by atoms with E-state index in [1.807, 2.05) is 62.6 Å². The van der Waals surface area contributed by atoms with Crippen molar-refractivity contribution in [2.75, 3.05) is 25.6 Å². The number of hydrogen-bond donors (Lipinski definition) is 8. The van der Waals surface area contributed by atoms with Gasteiger partial charge in [0.2, 0.25) is 35.4 Å². The zero-order valence-electron chi connectivity index (χ0n) is 34.1. The Morgan fingerprint density at radius 2 is 1.59 bits per heavy atom. The van der Waals surface area contributed by atoms with Crippen molar-refractivity contribution in [1.82, 2.24) is 36.2 Å². The van der Waals surface area contributed by atoms with Crippen LogP contribution in [0.4, 0.5) is 0 Å². The Labute approximate surface area is 348 Å². The Kier molecular flexibility index (Phi) is 17.3. The van der Waals surface area contributed by atoms with Crippen molar-refractivity contribution in [3.8, 4) is 0 Å². The van der Waals surface area contributed by atoms with E-state index in [2.05, 4.69) is 26.4 Å². The van der Waals surface area contributed by atoms with Crippen LogP contribution in [-0.4, -0.2) is 118 Å². The number of carbonyl (C=O) groups excluding carboxylic acids is 7. The van der Waals surface area contributed by atoms with Crippen molar-refractivity contribution < 1.29 is 33.6 Å². The van der Waals surface area contributed by atoms with Gasteiger partial charge >= 0.3 is 0 Å². The molecule has 0 bridgehead atoms. The van der Waals surface area contributed by atoms with Gasteiger partial charge in [0, 0.05) is 50.0 Å². The summed E-state index contributed by atoms with van der Waals surface area (Å²) in [5, 5.41) is 9.23. The highest BCUT2D eigenvalue weighted by Crippen LogP contribution is 2.23. The number of fused-ring (bicyclic) bond motifs is 1. The third kappa shape index (κ3) is 12.8. The number of para-hydroxylation sites is 1. The predicted molar refractivity (Wildman–Crippen MR) is 226 cm³/mol. The fraction of sp³-hybridized carbons (Fsp3) is 0.488. The van der Waals surface area contributed by atoms with Crippen LogP contribution in [0.1, 0.15) is 57.1 Å². The number of hydrogen-bond acceptors (Lipinski definition) is 10. The van der Waals surface area contributed by atoms with Gasteiger partial charge in [-0.05, 0) is 60.8 Å². The number of nitrogens with zero attached hydrogens (tertiary/aromatic N) is 2. The third-order valence-electron chi connectivity index (χ3n) is 10.5. The number of amides is 7. The van der Waals surface area contributed by atoms with E-state index in [0.29, 0.717) is 18.6 Å². The SMILES string of the molecule is CSCC[C@H](NC(=O)[C@@H](CC(C)C)N1CC[C@@H](NC(=O)[C@H](Cc2ccccc2)N(C)C(=O)[C@@H](Cc2c[nH]c3ccccc23)NC(=O)[C@@H](N)CCC(N)=O)C1=O)C(=O)NN. The molecule has 0 unspecified atom stereocenters. The number of H-pyrrole nitrogens is 1. The van der Waals surface area contributed by atoms with Gasteiger partial charge in [0.05, 0.1) is 6.04 Å². The van der Waals surface area contributed by atoms with Gasteiger partial charge in [-0.2, -0.15) is 11.8 Å². The number of nitrogens with two attached hydrogens (primary N) is 3. The van der Waals surface area contributed by atoms with Crippen LogP contribution in [0.3, 0.4) is 0 Å². The zero-order valence-corrected chi connectivity index (χ0v) is 34.9. The van der Waals surface area contributed by atoms with E-state index in [9.17, 15) is 33.6 Å². The van der Waals surface area contributed by atoms with Crippen LogP contribution in [0.25, 0.3) is 10.9 Å². The number of primary amides is 1. The Bertz CT molecular complexity index is 1940. The number of aromatic amines is 1. The van der Waals surface area contributed by atoms with Gasteiger partial charge in [0.1, 0.15) is 30.2 Å². The first-order chi connectivity index (χ1) is 28.1. The second-order valence-electron chi connectivity index (χ2n) is 15.3. The minimum atomic E-state index is -1.18. The molecule has 1 aromatic heterocycles. The summed E-state index contributed by atoms with van der Waals surface area (Å²) >= 11 is 1.51. The summed E-state index contributed by atoms with van der Waals surface area (Å²) in [6.07, 6.45) is 4.43. The molecule has 6 atom stereocenters. The molecule has 0 radical (unpaired) electrons. The highest BCUT2D eigenvalue weighted by atomic mass is 32.2. The Hall–Kier alpha value is -5.46. The number of benzene rings is 2. The standard InChI is InChI=1S/C41H58N10O7S/c1-24(2)20-34(39(56)46-30(17-19-59-4)37(54)49-44)51-18-16-31(41(51)58)47-38(55)33(21-25-10-6-5-7-11-25)50(3)40(57)32(48-36(53)28(42)14-15-35(43)52)22-26-23-45-29-13-9-8-12-27(26)29/h5-13,23-24,28,30-34,45H,14-22,42,44H2,1-4H3,(H2,43,52)(H,46,56)(H,47,55)(H,48,53)(H,49,54)/t28-,30-,31+,32+,33-,34+/m0/s1. The first-order valence-corrected chi connectivity index (χ1v) is 21.1. The number of thioether (sulfide) groups is 1. The Morgan fingerprint density at radius 1 is 0.915 bits per heavy atom. The van der Waals surface area contributed by atoms with Gasteiger partial charge in [-0.1, -0.05) is 62.4 Å². The topological polar surface area (TPSA) is 268 Å². The van der Waals surface area contributed by atoms with Crippen molar-refractivity contribution in [2.24, 2.45) is 23.2 Å². The molecule has 3 aromatic rings. The first kappa shape index (κ1) is 46.2. The summed E-state index contributed by atoms with van der Waals surface area (Å²) in [6, 6.07) is 10.3. The fourth-order valence-electron chi connectivity index (χ4n) is 7.18. The molecule has 17 nitrogen and oxygen atoms in total. The van der Waals surface area contributed by atoms with Crippen molar-refractivity contribution in [3.05, 3.63) is 71.9 Å². The minimum absolute atomic E-state index is 0.00508. The second kappa shape index (κ2) is 22.1. The lowest BCUT2D eigenvalue weighted by atomic mass is 9.99. The van der Waals surface area contributed by atoms with Gasteiger partial charge < -0.3 is 42.2 Å². The zero-order chi connectivity index (χ0) is 43.2. The highest BCUT2D eigenvalue weighted by molar-refractivity contribution is 7.98. The number of carbonyl (C=O) groups is 7. The quantitative estimate of drug-likeness (QED) is 0.0388. The molecule has 1 aliphatic rings. The number of aromatic nitrogens is 1. The number of rotatable bonds is 22. The van der Waals surface area contributed by atoms with Gasteiger partial charge in [-0.3, -0.25) is 39.0 Å². The molecule has 7 amide bonds. The van der Waals surface area contributed by atoms with Crippen LogP contribution >= 0.6 is 11.8 Å². The van der Waals surface area contributed by atoms with Crippen LogP contribution in [0.5, 0.6) is 0 Å². The average molecular weight is 835 g/mol. The fourth-order valence-corrected chi connectivity index (χ4v) is 7.65. The summed E-state index contributed by atoms with van der Waals surface area (Å²) in [4.78, 5) is 99.8. The number of likely N-dealkylation sites (N-methyl/N-ethyl adjacent to an activating group) is 1. The summed E-state index contributed by atoms with van der Waals surface area (Å²) < 4.78 is 0.